The lowest BCUT2D eigenvalue weighted by atomic mass is 10.1. The lowest BCUT2D eigenvalue weighted by molar-refractivity contribution is 0.225. The SMILES string of the molecule is CC(C)(C)NCC1CCCN1Cc1cccc(F)c1. The van der Waals surface area contributed by atoms with Gasteiger partial charge in [0, 0.05) is 24.7 Å². The summed E-state index contributed by atoms with van der Waals surface area (Å²) in [4.78, 5) is 2.47. The number of halogens is 1. The van der Waals surface area contributed by atoms with Crippen molar-refractivity contribution in [3.05, 3.63) is 35.6 Å². The van der Waals surface area contributed by atoms with Gasteiger partial charge in [0.25, 0.3) is 0 Å². The Morgan fingerprint density at radius 3 is 2.84 bits per heavy atom. The van der Waals surface area contributed by atoms with Crippen LogP contribution in [0, 0.1) is 5.82 Å². The third kappa shape index (κ3) is 4.59. The standard InChI is InChI=1S/C16H25FN2/c1-16(2,3)18-11-15-8-5-9-19(15)12-13-6-4-7-14(17)10-13/h4,6-7,10,15,18H,5,8-9,11-12H2,1-3H3. The minimum absolute atomic E-state index is 0.138. The summed E-state index contributed by atoms with van der Waals surface area (Å²) >= 11 is 0. The first-order valence-corrected chi connectivity index (χ1v) is 7.17. The first kappa shape index (κ1) is 14.5. The second-order valence-electron chi connectivity index (χ2n) is 6.53. The number of rotatable bonds is 4. The van der Waals surface area contributed by atoms with Crippen molar-refractivity contribution in [2.24, 2.45) is 0 Å². The molecule has 1 atom stereocenters. The first-order chi connectivity index (χ1) is 8.94. The van der Waals surface area contributed by atoms with E-state index in [1.807, 2.05) is 6.07 Å². The molecule has 0 saturated carbocycles. The Morgan fingerprint density at radius 2 is 2.16 bits per heavy atom. The fraction of sp³-hybridized carbons (Fsp3) is 0.625. The summed E-state index contributed by atoms with van der Waals surface area (Å²) in [6, 6.07) is 7.53. The van der Waals surface area contributed by atoms with Crippen LogP contribution >= 0.6 is 0 Å². The fourth-order valence-corrected chi connectivity index (χ4v) is 2.63. The zero-order valence-electron chi connectivity index (χ0n) is 12.2. The lowest BCUT2D eigenvalue weighted by Crippen LogP contribution is -2.44. The van der Waals surface area contributed by atoms with Crippen LogP contribution in [0.5, 0.6) is 0 Å². The summed E-state index contributed by atoms with van der Waals surface area (Å²) in [5.41, 5.74) is 1.23. The molecule has 1 aromatic rings. The molecule has 2 rings (SSSR count). The number of hydrogen-bond donors (Lipinski definition) is 1. The van der Waals surface area contributed by atoms with Gasteiger partial charge in [-0.3, -0.25) is 4.90 Å². The number of benzene rings is 1. The molecule has 1 fully saturated rings. The summed E-state index contributed by atoms with van der Waals surface area (Å²) in [5, 5.41) is 3.58. The zero-order valence-corrected chi connectivity index (χ0v) is 12.2. The summed E-state index contributed by atoms with van der Waals surface area (Å²) in [5.74, 6) is -0.138. The van der Waals surface area contributed by atoms with Crippen molar-refractivity contribution in [2.45, 2.75) is 51.7 Å². The zero-order chi connectivity index (χ0) is 13.9. The number of nitrogens with zero attached hydrogens (tertiary/aromatic N) is 1. The Morgan fingerprint density at radius 1 is 1.37 bits per heavy atom. The second-order valence-corrected chi connectivity index (χ2v) is 6.53. The Hall–Kier alpha value is -0.930. The van der Waals surface area contributed by atoms with E-state index in [4.69, 9.17) is 0 Å². The van der Waals surface area contributed by atoms with Gasteiger partial charge in [0.1, 0.15) is 5.82 Å². The highest BCUT2D eigenvalue weighted by molar-refractivity contribution is 5.16. The van der Waals surface area contributed by atoms with Gasteiger partial charge in [0.05, 0.1) is 0 Å². The topological polar surface area (TPSA) is 15.3 Å². The monoisotopic (exact) mass is 264 g/mol. The Balaban J connectivity index is 1.92. The summed E-state index contributed by atoms with van der Waals surface area (Å²) in [6.07, 6.45) is 2.48. The summed E-state index contributed by atoms with van der Waals surface area (Å²) in [6.45, 7) is 9.57. The first-order valence-electron chi connectivity index (χ1n) is 7.17. The van der Waals surface area contributed by atoms with E-state index in [-0.39, 0.29) is 11.4 Å². The number of likely N-dealkylation sites (tertiary alicyclic amines) is 1. The van der Waals surface area contributed by atoms with Crippen molar-refractivity contribution in [2.75, 3.05) is 13.1 Å². The van der Waals surface area contributed by atoms with E-state index in [0.717, 1.165) is 25.2 Å². The van der Waals surface area contributed by atoms with Gasteiger partial charge in [0.2, 0.25) is 0 Å². The van der Waals surface area contributed by atoms with Crippen LogP contribution in [0.3, 0.4) is 0 Å². The molecule has 1 heterocycles. The number of nitrogens with one attached hydrogen (secondary N) is 1. The van der Waals surface area contributed by atoms with Crippen LogP contribution in [-0.2, 0) is 6.54 Å². The largest absolute Gasteiger partial charge is 0.311 e. The van der Waals surface area contributed by atoms with Crippen LogP contribution in [0.1, 0.15) is 39.2 Å². The molecule has 1 N–H and O–H groups in total. The molecule has 1 unspecified atom stereocenters. The quantitative estimate of drug-likeness (QED) is 0.898. The maximum atomic E-state index is 13.2. The van der Waals surface area contributed by atoms with Gasteiger partial charge < -0.3 is 5.32 Å². The third-order valence-electron chi connectivity index (χ3n) is 3.64. The van der Waals surface area contributed by atoms with Gasteiger partial charge in [-0.1, -0.05) is 12.1 Å². The molecule has 0 bridgehead atoms. The fourth-order valence-electron chi connectivity index (χ4n) is 2.63. The van der Waals surface area contributed by atoms with Gasteiger partial charge in [-0.25, -0.2) is 4.39 Å². The van der Waals surface area contributed by atoms with Gasteiger partial charge >= 0.3 is 0 Å². The van der Waals surface area contributed by atoms with Crippen molar-refractivity contribution in [1.82, 2.24) is 10.2 Å². The molecular formula is C16H25FN2. The minimum Gasteiger partial charge on any atom is -0.311 e. The van der Waals surface area contributed by atoms with Crippen molar-refractivity contribution in [3.8, 4) is 0 Å². The molecule has 1 saturated heterocycles. The maximum Gasteiger partial charge on any atom is 0.123 e. The van der Waals surface area contributed by atoms with E-state index in [1.165, 1.54) is 18.9 Å². The lowest BCUT2D eigenvalue weighted by Gasteiger charge is -2.29. The third-order valence-corrected chi connectivity index (χ3v) is 3.64. The second kappa shape index (κ2) is 6.02. The van der Waals surface area contributed by atoms with E-state index in [0.29, 0.717) is 6.04 Å². The molecule has 0 aliphatic carbocycles. The molecule has 0 amide bonds. The van der Waals surface area contributed by atoms with Crippen LogP contribution in [0.15, 0.2) is 24.3 Å². The van der Waals surface area contributed by atoms with Crippen LogP contribution in [0.25, 0.3) is 0 Å². The molecule has 1 aromatic carbocycles. The average molecular weight is 264 g/mol. The van der Waals surface area contributed by atoms with E-state index in [9.17, 15) is 4.39 Å². The van der Waals surface area contributed by atoms with E-state index in [1.54, 1.807) is 12.1 Å². The smallest absolute Gasteiger partial charge is 0.123 e. The highest BCUT2D eigenvalue weighted by Crippen LogP contribution is 2.20. The van der Waals surface area contributed by atoms with E-state index in [2.05, 4.69) is 31.0 Å². The predicted molar refractivity (Wildman–Crippen MR) is 77.6 cm³/mol. The Labute approximate surface area is 116 Å². The van der Waals surface area contributed by atoms with Crippen molar-refractivity contribution in [3.63, 3.8) is 0 Å². The van der Waals surface area contributed by atoms with Crippen LogP contribution < -0.4 is 5.32 Å². The highest BCUT2D eigenvalue weighted by Gasteiger charge is 2.25. The molecule has 0 spiro atoms. The average Bonchev–Trinajstić information content (AvgIpc) is 2.73. The molecule has 0 radical (unpaired) electrons. The predicted octanol–water partition coefficient (Wildman–Crippen LogP) is 3.18. The van der Waals surface area contributed by atoms with Crippen molar-refractivity contribution < 1.29 is 4.39 Å². The maximum absolute atomic E-state index is 13.2. The van der Waals surface area contributed by atoms with Gasteiger partial charge in [-0.15, -0.1) is 0 Å². The minimum atomic E-state index is -0.138. The molecule has 1 aliphatic heterocycles. The van der Waals surface area contributed by atoms with Crippen LogP contribution in [0.2, 0.25) is 0 Å². The molecule has 19 heavy (non-hydrogen) atoms. The normalized spacial score (nSPS) is 20.9. The van der Waals surface area contributed by atoms with E-state index >= 15 is 0 Å². The van der Waals surface area contributed by atoms with Gasteiger partial charge in [0.15, 0.2) is 0 Å². The molecule has 0 aromatic heterocycles. The van der Waals surface area contributed by atoms with Gasteiger partial charge in [-0.2, -0.15) is 0 Å². The molecule has 1 aliphatic rings. The van der Waals surface area contributed by atoms with Crippen molar-refractivity contribution in [1.29, 1.82) is 0 Å². The number of hydrogen-bond acceptors (Lipinski definition) is 2. The molecule has 106 valence electrons. The van der Waals surface area contributed by atoms with Crippen LogP contribution in [0.4, 0.5) is 4.39 Å². The van der Waals surface area contributed by atoms with Gasteiger partial charge in [-0.05, 0) is 57.9 Å². The molecular weight excluding hydrogens is 239 g/mol. The molecule has 3 heteroatoms. The Kier molecular flexibility index (Phi) is 4.58. The summed E-state index contributed by atoms with van der Waals surface area (Å²) < 4.78 is 13.2. The van der Waals surface area contributed by atoms with Crippen molar-refractivity contribution >= 4 is 0 Å². The summed E-state index contributed by atoms with van der Waals surface area (Å²) in [7, 11) is 0. The van der Waals surface area contributed by atoms with E-state index < -0.39 is 0 Å². The highest BCUT2D eigenvalue weighted by atomic mass is 19.1. The van der Waals surface area contributed by atoms with Crippen LogP contribution in [-0.4, -0.2) is 29.6 Å². The molecule has 2 nitrogen and oxygen atoms in total. The Bertz CT molecular complexity index is 411.